The Morgan fingerprint density at radius 3 is 2.59 bits per heavy atom. The largest absolute Gasteiger partial charge is 0.360 e. The first-order chi connectivity index (χ1) is 8.25. The topological polar surface area (TPSA) is 28.7 Å². The van der Waals surface area contributed by atoms with Gasteiger partial charge in [-0.2, -0.15) is 0 Å². The Labute approximate surface area is 100 Å². The average Bonchev–Trinajstić information content (AvgIpc) is 2.76. The summed E-state index contributed by atoms with van der Waals surface area (Å²) in [6.07, 6.45) is 3.84. The summed E-state index contributed by atoms with van der Waals surface area (Å²) in [5.41, 5.74) is 5.92. The van der Waals surface area contributed by atoms with Crippen LogP contribution in [0.15, 0.2) is 42.7 Å². The lowest BCUT2D eigenvalue weighted by Gasteiger charge is -2.08. The number of nitrogens with zero attached hydrogens (tertiary/aromatic N) is 1. The van der Waals surface area contributed by atoms with Gasteiger partial charge in [0.05, 0.1) is 17.4 Å². The molecule has 0 fully saturated rings. The lowest BCUT2D eigenvalue weighted by molar-refractivity contribution is 1.29. The third-order valence-electron chi connectivity index (χ3n) is 3.17. The molecule has 0 spiro atoms. The normalized spacial score (nSPS) is 10.9. The molecule has 1 aromatic carbocycles. The SMILES string of the molecule is Cc1cccc(C)c1-c1cc2cc[nH]c2cn1. The number of aryl methyl sites for hydroxylation is 2. The molecule has 0 atom stereocenters. The molecule has 2 heterocycles. The van der Waals surface area contributed by atoms with Crippen LogP contribution in [0.5, 0.6) is 0 Å². The molecule has 3 aromatic rings. The first-order valence-corrected chi connectivity index (χ1v) is 5.75. The van der Waals surface area contributed by atoms with Crippen LogP contribution in [0.2, 0.25) is 0 Å². The summed E-state index contributed by atoms with van der Waals surface area (Å²) in [6, 6.07) is 10.6. The first-order valence-electron chi connectivity index (χ1n) is 5.75. The summed E-state index contributed by atoms with van der Waals surface area (Å²) in [5.74, 6) is 0. The number of nitrogens with one attached hydrogen (secondary N) is 1. The molecule has 0 saturated carbocycles. The van der Waals surface area contributed by atoms with Gasteiger partial charge < -0.3 is 4.98 Å². The van der Waals surface area contributed by atoms with E-state index in [1.165, 1.54) is 22.1 Å². The number of pyridine rings is 1. The third kappa shape index (κ3) is 1.62. The molecule has 0 aliphatic heterocycles. The number of benzene rings is 1. The number of hydrogen-bond acceptors (Lipinski definition) is 1. The third-order valence-corrected chi connectivity index (χ3v) is 3.17. The molecule has 17 heavy (non-hydrogen) atoms. The van der Waals surface area contributed by atoms with Crippen molar-refractivity contribution in [2.45, 2.75) is 13.8 Å². The Kier molecular flexibility index (Phi) is 2.22. The van der Waals surface area contributed by atoms with Crippen LogP contribution in [0.25, 0.3) is 22.2 Å². The van der Waals surface area contributed by atoms with E-state index in [2.05, 4.69) is 54.1 Å². The number of H-pyrrole nitrogens is 1. The quantitative estimate of drug-likeness (QED) is 0.665. The van der Waals surface area contributed by atoms with Gasteiger partial charge in [-0.25, -0.2) is 0 Å². The molecule has 0 bridgehead atoms. The van der Waals surface area contributed by atoms with Gasteiger partial charge in [0.1, 0.15) is 0 Å². The molecule has 0 aliphatic carbocycles. The zero-order valence-corrected chi connectivity index (χ0v) is 9.99. The Bertz CT molecular complexity index is 660. The number of fused-ring (bicyclic) bond motifs is 1. The second-order valence-electron chi connectivity index (χ2n) is 4.40. The van der Waals surface area contributed by atoms with E-state index < -0.39 is 0 Å². The fraction of sp³-hybridized carbons (Fsp3) is 0.133. The van der Waals surface area contributed by atoms with Gasteiger partial charge in [-0.05, 0) is 37.1 Å². The highest BCUT2D eigenvalue weighted by molar-refractivity contribution is 5.83. The maximum absolute atomic E-state index is 4.54. The van der Waals surface area contributed by atoms with Gasteiger partial charge in [0, 0.05) is 17.1 Å². The first kappa shape index (κ1) is 10.1. The van der Waals surface area contributed by atoms with Crippen molar-refractivity contribution in [2.75, 3.05) is 0 Å². The monoisotopic (exact) mass is 222 g/mol. The van der Waals surface area contributed by atoms with Crippen molar-refractivity contribution >= 4 is 10.9 Å². The summed E-state index contributed by atoms with van der Waals surface area (Å²) in [6.45, 7) is 4.26. The Morgan fingerprint density at radius 2 is 1.82 bits per heavy atom. The maximum atomic E-state index is 4.54. The molecule has 0 radical (unpaired) electrons. The predicted molar refractivity (Wildman–Crippen MR) is 71.0 cm³/mol. The maximum Gasteiger partial charge on any atom is 0.0714 e. The Hall–Kier alpha value is -2.09. The minimum Gasteiger partial charge on any atom is -0.360 e. The summed E-state index contributed by atoms with van der Waals surface area (Å²) >= 11 is 0. The smallest absolute Gasteiger partial charge is 0.0714 e. The minimum absolute atomic E-state index is 1.05. The highest BCUT2D eigenvalue weighted by atomic mass is 14.7. The van der Waals surface area contributed by atoms with Crippen molar-refractivity contribution in [1.29, 1.82) is 0 Å². The molecular formula is C15H14N2. The molecule has 2 nitrogen and oxygen atoms in total. The molecule has 0 aliphatic rings. The average molecular weight is 222 g/mol. The van der Waals surface area contributed by atoms with Gasteiger partial charge in [-0.3, -0.25) is 4.98 Å². The van der Waals surface area contributed by atoms with E-state index in [9.17, 15) is 0 Å². The van der Waals surface area contributed by atoms with E-state index in [4.69, 9.17) is 0 Å². The zero-order valence-electron chi connectivity index (χ0n) is 9.99. The van der Waals surface area contributed by atoms with Crippen molar-refractivity contribution in [2.24, 2.45) is 0 Å². The summed E-state index contributed by atoms with van der Waals surface area (Å²) in [4.78, 5) is 7.70. The van der Waals surface area contributed by atoms with Gasteiger partial charge >= 0.3 is 0 Å². The molecule has 0 amide bonds. The summed E-state index contributed by atoms with van der Waals surface area (Å²) in [7, 11) is 0. The number of hydrogen-bond donors (Lipinski definition) is 1. The highest BCUT2D eigenvalue weighted by Crippen LogP contribution is 2.27. The van der Waals surface area contributed by atoms with Crippen LogP contribution >= 0.6 is 0 Å². The second kappa shape index (κ2) is 3.74. The van der Waals surface area contributed by atoms with Crippen LogP contribution in [0.1, 0.15) is 11.1 Å². The lowest BCUT2D eigenvalue weighted by atomic mass is 9.99. The van der Waals surface area contributed by atoms with E-state index in [1.807, 2.05) is 12.4 Å². The van der Waals surface area contributed by atoms with Crippen LogP contribution < -0.4 is 0 Å². The highest BCUT2D eigenvalue weighted by Gasteiger charge is 2.07. The van der Waals surface area contributed by atoms with Gasteiger partial charge in [-0.15, -0.1) is 0 Å². The molecule has 0 saturated heterocycles. The van der Waals surface area contributed by atoms with Crippen LogP contribution in [0.4, 0.5) is 0 Å². The standard InChI is InChI=1S/C15H14N2/c1-10-4-3-5-11(2)15(10)13-8-12-6-7-16-14(12)9-17-13/h3-9,16H,1-2H3. The van der Waals surface area contributed by atoms with Crippen LogP contribution in [0, 0.1) is 13.8 Å². The van der Waals surface area contributed by atoms with Crippen molar-refractivity contribution in [3.05, 3.63) is 53.9 Å². The Morgan fingerprint density at radius 1 is 1.06 bits per heavy atom. The number of aromatic amines is 1. The lowest BCUT2D eigenvalue weighted by Crippen LogP contribution is -1.90. The van der Waals surface area contributed by atoms with Gasteiger partial charge in [0.15, 0.2) is 0 Å². The van der Waals surface area contributed by atoms with Crippen molar-refractivity contribution < 1.29 is 0 Å². The minimum atomic E-state index is 1.05. The molecule has 2 heteroatoms. The predicted octanol–water partition coefficient (Wildman–Crippen LogP) is 3.85. The summed E-state index contributed by atoms with van der Waals surface area (Å²) in [5, 5.41) is 1.21. The van der Waals surface area contributed by atoms with E-state index in [-0.39, 0.29) is 0 Å². The van der Waals surface area contributed by atoms with Gasteiger partial charge in [0.25, 0.3) is 0 Å². The molecule has 84 valence electrons. The van der Waals surface area contributed by atoms with Crippen LogP contribution in [-0.2, 0) is 0 Å². The molecule has 3 rings (SSSR count). The van der Waals surface area contributed by atoms with E-state index >= 15 is 0 Å². The van der Waals surface area contributed by atoms with E-state index in [1.54, 1.807) is 0 Å². The van der Waals surface area contributed by atoms with Crippen molar-refractivity contribution in [3.63, 3.8) is 0 Å². The van der Waals surface area contributed by atoms with Crippen LogP contribution in [-0.4, -0.2) is 9.97 Å². The van der Waals surface area contributed by atoms with Crippen molar-refractivity contribution in [1.82, 2.24) is 9.97 Å². The zero-order chi connectivity index (χ0) is 11.8. The molecule has 1 N–H and O–H groups in total. The fourth-order valence-electron chi connectivity index (χ4n) is 2.31. The molecule has 0 unspecified atom stereocenters. The Balaban J connectivity index is 2.26. The number of aromatic nitrogens is 2. The molecule has 2 aromatic heterocycles. The molecular weight excluding hydrogens is 208 g/mol. The van der Waals surface area contributed by atoms with Gasteiger partial charge in [-0.1, -0.05) is 18.2 Å². The second-order valence-corrected chi connectivity index (χ2v) is 4.40. The van der Waals surface area contributed by atoms with Gasteiger partial charge in [0.2, 0.25) is 0 Å². The fourth-order valence-corrected chi connectivity index (χ4v) is 2.31. The van der Waals surface area contributed by atoms with Crippen LogP contribution in [0.3, 0.4) is 0 Å². The van der Waals surface area contributed by atoms with Crippen molar-refractivity contribution in [3.8, 4) is 11.3 Å². The van der Waals surface area contributed by atoms with E-state index in [0.29, 0.717) is 0 Å². The van der Waals surface area contributed by atoms with E-state index in [0.717, 1.165) is 11.2 Å². The summed E-state index contributed by atoms with van der Waals surface area (Å²) < 4.78 is 0. The number of rotatable bonds is 1.